The first-order chi connectivity index (χ1) is 20.9. The van der Waals surface area contributed by atoms with Crippen molar-refractivity contribution in [2.75, 3.05) is 6.61 Å². The van der Waals surface area contributed by atoms with Crippen LogP contribution in [0.15, 0.2) is 54.6 Å². The van der Waals surface area contributed by atoms with Crippen LogP contribution in [0.25, 0.3) is 0 Å². The average Bonchev–Trinajstić information content (AvgIpc) is 3.58. The van der Waals surface area contributed by atoms with Gasteiger partial charge in [-0.1, -0.05) is 61.5 Å². The number of carbonyl (C=O) groups is 1. The van der Waals surface area contributed by atoms with Gasteiger partial charge in [0.2, 0.25) is 0 Å². The SMILES string of the molecule is CC#CCC(C)C(O)/C=C/C1CCC2Oc3c(CCCC(=O)OCCCCc4ccc(CO[N+](=O)[O-])cc4)cccc3C12. The second-order valence-electron chi connectivity index (χ2n) is 11.6. The number of aryl methyl sites for hydroxylation is 2. The highest BCUT2D eigenvalue weighted by Crippen LogP contribution is 2.52. The Kier molecular flexibility index (Phi) is 12.0. The molecule has 0 aromatic heterocycles. The van der Waals surface area contributed by atoms with Crippen LogP contribution in [-0.2, 0) is 33.8 Å². The first-order valence-corrected chi connectivity index (χ1v) is 15.4. The maximum atomic E-state index is 12.3. The van der Waals surface area contributed by atoms with Crippen molar-refractivity contribution in [2.45, 2.75) is 96.4 Å². The molecular weight excluding hydrogens is 546 g/mol. The minimum absolute atomic E-state index is 0.0521. The molecule has 5 atom stereocenters. The van der Waals surface area contributed by atoms with E-state index in [-0.39, 0.29) is 24.6 Å². The highest BCUT2D eigenvalue weighted by atomic mass is 16.9. The van der Waals surface area contributed by atoms with Crippen LogP contribution in [0, 0.1) is 33.8 Å². The molecule has 5 unspecified atom stereocenters. The molecule has 230 valence electrons. The molecule has 1 N–H and O–H groups in total. The predicted octanol–water partition coefficient (Wildman–Crippen LogP) is 6.50. The number of nitrogens with zero attached hydrogens (tertiary/aromatic N) is 1. The van der Waals surface area contributed by atoms with Gasteiger partial charge in [0.25, 0.3) is 5.09 Å². The summed E-state index contributed by atoms with van der Waals surface area (Å²) in [6.07, 6.45) is 10.9. The fourth-order valence-corrected chi connectivity index (χ4v) is 6.00. The Labute approximate surface area is 254 Å². The number of hydrogen-bond acceptors (Lipinski definition) is 7. The number of fused-ring (bicyclic) bond motifs is 3. The van der Waals surface area contributed by atoms with Crippen molar-refractivity contribution in [3.8, 4) is 17.6 Å². The summed E-state index contributed by atoms with van der Waals surface area (Å²) in [4.78, 5) is 27.0. The third-order valence-corrected chi connectivity index (χ3v) is 8.45. The van der Waals surface area contributed by atoms with E-state index in [1.165, 1.54) is 5.56 Å². The van der Waals surface area contributed by atoms with E-state index >= 15 is 0 Å². The van der Waals surface area contributed by atoms with Crippen molar-refractivity contribution in [2.24, 2.45) is 11.8 Å². The molecule has 0 amide bonds. The number of rotatable bonds is 16. The Morgan fingerprint density at radius 1 is 1.14 bits per heavy atom. The van der Waals surface area contributed by atoms with Crippen molar-refractivity contribution in [1.29, 1.82) is 0 Å². The number of aliphatic hydroxyl groups excluding tert-OH is 1. The highest BCUT2D eigenvalue weighted by Gasteiger charge is 2.44. The lowest BCUT2D eigenvalue weighted by Gasteiger charge is -2.17. The predicted molar refractivity (Wildman–Crippen MR) is 164 cm³/mol. The topological polar surface area (TPSA) is 108 Å². The van der Waals surface area contributed by atoms with Gasteiger partial charge in [-0.2, -0.15) is 0 Å². The van der Waals surface area contributed by atoms with Crippen LogP contribution in [-0.4, -0.2) is 35.0 Å². The molecule has 0 saturated heterocycles. The summed E-state index contributed by atoms with van der Waals surface area (Å²) in [5.41, 5.74) is 4.27. The Hall–Kier alpha value is -3.83. The third-order valence-electron chi connectivity index (χ3n) is 8.45. The zero-order valence-electron chi connectivity index (χ0n) is 25.2. The minimum Gasteiger partial charge on any atom is -0.489 e. The summed E-state index contributed by atoms with van der Waals surface area (Å²) in [5.74, 6) is 7.50. The summed E-state index contributed by atoms with van der Waals surface area (Å²) >= 11 is 0. The monoisotopic (exact) mass is 589 g/mol. The maximum Gasteiger partial charge on any atom is 0.305 e. The number of esters is 1. The number of para-hydroxylation sites is 1. The van der Waals surface area contributed by atoms with Crippen LogP contribution in [0.1, 0.15) is 87.0 Å². The number of carbonyl (C=O) groups excluding carboxylic acids is 1. The van der Waals surface area contributed by atoms with Gasteiger partial charge in [-0.15, -0.1) is 22.0 Å². The second-order valence-corrected chi connectivity index (χ2v) is 11.6. The molecule has 1 aliphatic heterocycles. The van der Waals surface area contributed by atoms with Gasteiger partial charge in [0.15, 0.2) is 0 Å². The molecular formula is C35H43NO7. The van der Waals surface area contributed by atoms with Crippen LogP contribution >= 0.6 is 0 Å². The summed E-state index contributed by atoms with van der Waals surface area (Å²) in [6.45, 7) is 4.19. The van der Waals surface area contributed by atoms with Crippen LogP contribution in [0.5, 0.6) is 5.75 Å². The first kappa shape index (κ1) is 32.1. The zero-order chi connectivity index (χ0) is 30.6. The fourth-order valence-electron chi connectivity index (χ4n) is 6.00. The summed E-state index contributed by atoms with van der Waals surface area (Å²) < 4.78 is 11.9. The van der Waals surface area contributed by atoms with Crippen LogP contribution in [0.4, 0.5) is 0 Å². The number of ether oxygens (including phenoxy) is 2. The average molecular weight is 590 g/mol. The smallest absolute Gasteiger partial charge is 0.305 e. The summed E-state index contributed by atoms with van der Waals surface area (Å²) in [5, 5.41) is 20.1. The Morgan fingerprint density at radius 2 is 1.93 bits per heavy atom. The minimum atomic E-state index is -0.795. The van der Waals surface area contributed by atoms with Crippen molar-refractivity contribution in [1.82, 2.24) is 0 Å². The first-order valence-electron chi connectivity index (χ1n) is 15.4. The molecule has 1 aliphatic carbocycles. The summed E-state index contributed by atoms with van der Waals surface area (Å²) in [7, 11) is 0. The van der Waals surface area contributed by atoms with Gasteiger partial charge >= 0.3 is 5.97 Å². The quantitative estimate of drug-likeness (QED) is 0.0594. The van der Waals surface area contributed by atoms with Crippen LogP contribution in [0.2, 0.25) is 0 Å². The zero-order valence-corrected chi connectivity index (χ0v) is 25.2. The molecule has 2 aliphatic rings. The molecule has 1 saturated carbocycles. The third kappa shape index (κ3) is 9.33. The highest BCUT2D eigenvalue weighted by molar-refractivity contribution is 5.69. The molecule has 2 aromatic carbocycles. The fraction of sp³-hybridized carbons (Fsp3) is 0.514. The van der Waals surface area contributed by atoms with E-state index in [1.54, 1.807) is 0 Å². The molecule has 0 spiro atoms. The molecule has 2 aromatic rings. The molecule has 0 radical (unpaired) electrons. The maximum absolute atomic E-state index is 12.3. The van der Waals surface area contributed by atoms with E-state index in [9.17, 15) is 20.0 Å². The second kappa shape index (κ2) is 16.1. The van der Waals surface area contributed by atoms with Gasteiger partial charge in [0.1, 0.15) is 18.5 Å². The van der Waals surface area contributed by atoms with E-state index in [1.807, 2.05) is 44.2 Å². The molecule has 1 fully saturated rings. The van der Waals surface area contributed by atoms with Gasteiger partial charge in [0, 0.05) is 24.3 Å². The van der Waals surface area contributed by atoms with Gasteiger partial charge in [-0.3, -0.25) is 4.79 Å². The molecule has 8 nitrogen and oxygen atoms in total. The molecule has 8 heteroatoms. The van der Waals surface area contributed by atoms with Crippen LogP contribution < -0.4 is 4.74 Å². The van der Waals surface area contributed by atoms with Crippen molar-refractivity contribution in [3.05, 3.63) is 87.0 Å². The standard InChI is InChI=1S/C35H43NO7/c1-3-4-9-25(2)31(37)21-19-28-20-22-32-34(28)30-13-7-11-29(35(30)43-32)12-8-14-33(38)41-23-6-5-10-26-15-17-27(18-16-26)24-42-36(39)40/h7,11,13,15-19,21,25,28,31-32,34,37H,5-6,8-10,12,14,20,22-24H2,1-2H3/b21-19+. The van der Waals surface area contributed by atoms with Gasteiger partial charge < -0.3 is 19.4 Å². The Morgan fingerprint density at radius 3 is 2.70 bits per heavy atom. The number of unbranched alkanes of at least 4 members (excludes halogenated alkanes) is 1. The number of hydrogen-bond donors (Lipinski definition) is 1. The van der Waals surface area contributed by atoms with Gasteiger partial charge in [-0.05, 0) is 80.4 Å². The van der Waals surface area contributed by atoms with E-state index < -0.39 is 11.2 Å². The van der Waals surface area contributed by atoms with E-state index in [4.69, 9.17) is 9.47 Å². The lowest BCUT2D eigenvalue weighted by Crippen LogP contribution is -2.17. The molecule has 4 rings (SSSR count). The largest absolute Gasteiger partial charge is 0.489 e. The summed E-state index contributed by atoms with van der Waals surface area (Å²) in [6, 6.07) is 13.9. The molecule has 1 heterocycles. The number of aliphatic hydroxyl groups is 1. The van der Waals surface area contributed by atoms with Crippen molar-refractivity contribution >= 4 is 5.97 Å². The van der Waals surface area contributed by atoms with Gasteiger partial charge in [0.05, 0.1) is 12.7 Å². The van der Waals surface area contributed by atoms with Crippen molar-refractivity contribution in [3.63, 3.8) is 0 Å². The molecule has 43 heavy (non-hydrogen) atoms. The lowest BCUT2D eigenvalue weighted by atomic mass is 9.86. The van der Waals surface area contributed by atoms with Crippen LogP contribution in [0.3, 0.4) is 0 Å². The van der Waals surface area contributed by atoms with E-state index in [0.29, 0.717) is 37.7 Å². The van der Waals surface area contributed by atoms with Crippen molar-refractivity contribution < 1.29 is 29.3 Å². The molecule has 0 bridgehead atoms. The lowest BCUT2D eigenvalue weighted by molar-refractivity contribution is -0.763. The normalized spacial score (nSPS) is 19.9. The number of allylic oxidation sites excluding steroid dienone is 1. The Balaban J connectivity index is 1.17. The van der Waals surface area contributed by atoms with E-state index in [0.717, 1.165) is 61.0 Å². The number of benzene rings is 2. The Bertz CT molecular complexity index is 1310. The van der Waals surface area contributed by atoms with E-state index in [2.05, 4.69) is 41.0 Å². The van der Waals surface area contributed by atoms with Gasteiger partial charge in [-0.25, -0.2) is 0 Å².